The molecule has 0 fully saturated rings. The van der Waals surface area contributed by atoms with Crippen LogP contribution in [-0.2, 0) is 5.75 Å². The number of allylic oxidation sites excluding steroid dienone is 3. The minimum Gasteiger partial charge on any atom is -0.227 e. The minimum atomic E-state index is -1.41. The first-order valence-corrected chi connectivity index (χ1v) is 8.06. The Morgan fingerprint density at radius 3 is 2.90 bits per heavy atom. The average Bonchev–Trinajstić information content (AvgIpc) is 2.92. The van der Waals surface area contributed by atoms with Crippen LogP contribution in [0.4, 0.5) is 8.78 Å². The zero-order valence-corrected chi connectivity index (χ0v) is 12.4. The summed E-state index contributed by atoms with van der Waals surface area (Å²) < 4.78 is 28.8. The molecular weight excluding hydrogens is 274 g/mol. The van der Waals surface area contributed by atoms with Crippen molar-refractivity contribution in [2.45, 2.75) is 36.9 Å². The van der Waals surface area contributed by atoms with E-state index in [1.54, 1.807) is 24.3 Å². The van der Waals surface area contributed by atoms with Crippen LogP contribution in [0.2, 0.25) is 0 Å². The molecule has 0 amide bonds. The predicted molar refractivity (Wildman–Crippen MR) is 80.7 cm³/mol. The van der Waals surface area contributed by atoms with Crippen molar-refractivity contribution < 1.29 is 8.78 Å². The lowest BCUT2D eigenvalue weighted by Crippen LogP contribution is -2.29. The van der Waals surface area contributed by atoms with Crippen LogP contribution < -0.4 is 0 Å². The highest BCUT2D eigenvalue weighted by molar-refractivity contribution is 7.99. The summed E-state index contributed by atoms with van der Waals surface area (Å²) >= 11 is 1.20. The second-order valence-corrected chi connectivity index (χ2v) is 6.74. The van der Waals surface area contributed by atoms with Gasteiger partial charge in [-0.05, 0) is 42.5 Å². The number of halogens is 2. The van der Waals surface area contributed by atoms with Gasteiger partial charge in [0, 0.05) is 11.7 Å². The maximum absolute atomic E-state index is 15.1. The first-order valence-electron chi connectivity index (χ1n) is 7.07. The van der Waals surface area contributed by atoms with E-state index in [0.29, 0.717) is 11.3 Å². The summed E-state index contributed by atoms with van der Waals surface area (Å²) in [6, 6.07) is 6.61. The van der Waals surface area contributed by atoms with Gasteiger partial charge in [-0.25, -0.2) is 8.78 Å². The van der Waals surface area contributed by atoms with Crippen LogP contribution in [0, 0.1) is 11.7 Å². The molecule has 0 nitrogen and oxygen atoms in total. The zero-order valence-electron chi connectivity index (χ0n) is 11.5. The zero-order chi connectivity index (χ0) is 14.2. The molecule has 106 valence electrons. The highest BCUT2D eigenvalue weighted by Gasteiger charge is 2.40. The SMILES string of the molecule is CC1C2=C(C=CC1(F)SCc1ccccc1F)CCC2. The van der Waals surface area contributed by atoms with Crippen molar-refractivity contribution in [2.75, 3.05) is 0 Å². The molecule has 2 atom stereocenters. The van der Waals surface area contributed by atoms with E-state index in [2.05, 4.69) is 0 Å². The predicted octanol–water partition coefficient (Wildman–Crippen LogP) is 5.41. The molecule has 2 unspecified atom stereocenters. The number of rotatable bonds is 3. The fourth-order valence-corrected chi connectivity index (χ4v) is 4.22. The fraction of sp³-hybridized carbons (Fsp3) is 0.412. The lowest BCUT2D eigenvalue weighted by atomic mass is 9.88. The maximum atomic E-state index is 15.1. The molecule has 1 aromatic carbocycles. The first kappa shape index (κ1) is 13.9. The third-order valence-electron chi connectivity index (χ3n) is 4.34. The van der Waals surface area contributed by atoms with Gasteiger partial charge >= 0.3 is 0 Å². The second-order valence-electron chi connectivity index (χ2n) is 5.54. The monoisotopic (exact) mass is 292 g/mol. The van der Waals surface area contributed by atoms with E-state index in [9.17, 15) is 4.39 Å². The van der Waals surface area contributed by atoms with E-state index in [1.165, 1.54) is 29.0 Å². The number of alkyl halides is 1. The highest BCUT2D eigenvalue weighted by Crippen LogP contribution is 2.49. The summed E-state index contributed by atoms with van der Waals surface area (Å²) in [5, 5.41) is -1.41. The Hall–Kier alpha value is -1.09. The van der Waals surface area contributed by atoms with Gasteiger partial charge in [0.25, 0.3) is 0 Å². The average molecular weight is 292 g/mol. The Morgan fingerprint density at radius 2 is 2.10 bits per heavy atom. The Morgan fingerprint density at radius 1 is 1.30 bits per heavy atom. The minimum absolute atomic E-state index is 0.109. The third kappa shape index (κ3) is 2.44. The van der Waals surface area contributed by atoms with Crippen LogP contribution in [0.15, 0.2) is 47.6 Å². The standard InChI is InChI=1S/C17H18F2S/c1-12-15-7-4-6-13(15)9-10-17(12,19)20-11-14-5-2-3-8-16(14)18/h2-3,5,8-10,12H,4,6-7,11H2,1H3. The second kappa shape index (κ2) is 5.36. The van der Waals surface area contributed by atoms with Crippen LogP contribution in [0.5, 0.6) is 0 Å². The molecule has 0 N–H and O–H groups in total. The summed E-state index contributed by atoms with van der Waals surface area (Å²) in [4.78, 5) is 0. The van der Waals surface area contributed by atoms with Crippen LogP contribution in [0.25, 0.3) is 0 Å². The van der Waals surface area contributed by atoms with Crippen molar-refractivity contribution in [3.8, 4) is 0 Å². The van der Waals surface area contributed by atoms with Gasteiger partial charge in [-0.3, -0.25) is 0 Å². The van der Waals surface area contributed by atoms with Gasteiger partial charge in [0.15, 0.2) is 5.00 Å². The maximum Gasteiger partial charge on any atom is 0.181 e. The van der Waals surface area contributed by atoms with E-state index >= 15 is 4.39 Å². The molecule has 1 aromatic rings. The third-order valence-corrected chi connectivity index (χ3v) is 5.72. The van der Waals surface area contributed by atoms with Crippen molar-refractivity contribution in [2.24, 2.45) is 5.92 Å². The molecule has 2 aliphatic carbocycles. The largest absolute Gasteiger partial charge is 0.227 e. The molecule has 3 heteroatoms. The van der Waals surface area contributed by atoms with E-state index in [4.69, 9.17) is 0 Å². The van der Waals surface area contributed by atoms with Crippen LogP contribution in [-0.4, -0.2) is 5.00 Å². The number of thioether (sulfide) groups is 1. The van der Waals surface area contributed by atoms with Crippen molar-refractivity contribution in [3.05, 3.63) is 58.9 Å². The molecule has 0 spiro atoms. The topological polar surface area (TPSA) is 0 Å². The molecule has 2 aliphatic rings. The number of hydrogen-bond donors (Lipinski definition) is 0. The summed E-state index contributed by atoms with van der Waals surface area (Å²) in [6.45, 7) is 1.96. The molecule has 0 aliphatic heterocycles. The van der Waals surface area contributed by atoms with E-state index in [0.717, 1.165) is 19.3 Å². The first-order chi connectivity index (χ1) is 9.60. The lowest BCUT2D eigenvalue weighted by Gasteiger charge is -2.32. The van der Waals surface area contributed by atoms with Crippen LogP contribution in [0.1, 0.15) is 31.7 Å². The van der Waals surface area contributed by atoms with Gasteiger partial charge in [-0.2, -0.15) is 0 Å². The lowest BCUT2D eigenvalue weighted by molar-refractivity contribution is 0.278. The van der Waals surface area contributed by atoms with Crippen molar-refractivity contribution in [1.29, 1.82) is 0 Å². The van der Waals surface area contributed by atoms with Crippen molar-refractivity contribution >= 4 is 11.8 Å². The van der Waals surface area contributed by atoms with Gasteiger partial charge in [0.2, 0.25) is 0 Å². The molecule has 0 saturated carbocycles. The van der Waals surface area contributed by atoms with Gasteiger partial charge in [-0.15, -0.1) is 11.8 Å². The normalized spacial score (nSPS) is 28.9. The molecule has 20 heavy (non-hydrogen) atoms. The quantitative estimate of drug-likeness (QED) is 0.717. The van der Waals surface area contributed by atoms with Gasteiger partial charge < -0.3 is 0 Å². The molecular formula is C17H18F2S. The van der Waals surface area contributed by atoms with Crippen LogP contribution >= 0.6 is 11.8 Å². The van der Waals surface area contributed by atoms with Gasteiger partial charge in [0.1, 0.15) is 5.82 Å². The van der Waals surface area contributed by atoms with Gasteiger partial charge in [-0.1, -0.05) is 36.8 Å². The summed E-state index contributed by atoms with van der Waals surface area (Å²) in [5.74, 6) is -0.000846. The molecule has 0 radical (unpaired) electrons. The van der Waals surface area contributed by atoms with Crippen molar-refractivity contribution in [1.82, 2.24) is 0 Å². The Kier molecular flexibility index (Phi) is 3.72. The fourth-order valence-electron chi connectivity index (χ4n) is 3.05. The molecule has 3 rings (SSSR count). The molecule has 0 saturated heterocycles. The summed E-state index contributed by atoms with van der Waals surface area (Å²) in [5.41, 5.74) is 3.15. The van der Waals surface area contributed by atoms with E-state index in [-0.39, 0.29) is 11.7 Å². The van der Waals surface area contributed by atoms with E-state index in [1.807, 2.05) is 13.0 Å². The van der Waals surface area contributed by atoms with Crippen LogP contribution in [0.3, 0.4) is 0 Å². The molecule has 0 heterocycles. The Labute approximate surface area is 123 Å². The Balaban J connectivity index is 1.74. The Bertz CT molecular complexity index is 576. The number of benzene rings is 1. The highest BCUT2D eigenvalue weighted by atomic mass is 32.2. The van der Waals surface area contributed by atoms with E-state index < -0.39 is 5.00 Å². The summed E-state index contributed by atoms with van der Waals surface area (Å²) in [6.07, 6.45) is 6.83. The van der Waals surface area contributed by atoms with Crippen molar-refractivity contribution in [3.63, 3.8) is 0 Å². The summed E-state index contributed by atoms with van der Waals surface area (Å²) in [7, 11) is 0. The molecule has 0 aromatic heterocycles. The number of hydrogen-bond acceptors (Lipinski definition) is 1. The smallest absolute Gasteiger partial charge is 0.181 e. The molecule has 0 bridgehead atoms. The van der Waals surface area contributed by atoms with Gasteiger partial charge in [0.05, 0.1) is 0 Å².